The first-order valence-corrected chi connectivity index (χ1v) is 4.53. The zero-order valence-corrected chi connectivity index (χ0v) is 7.73. The highest BCUT2D eigenvalue weighted by atomic mass is 31.0. The Bertz CT molecular complexity index is 197. The summed E-state index contributed by atoms with van der Waals surface area (Å²) in [5.74, 6) is 0.382. The van der Waals surface area contributed by atoms with E-state index in [-0.39, 0.29) is 11.8 Å². The second-order valence-electron chi connectivity index (χ2n) is 3.42. The third kappa shape index (κ3) is 0.986. The Morgan fingerprint density at radius 2 is 2.45 bits per heavy atom. The standard InChI is InChI=1S/C7H13N2OP/c1-4-6-5(8-7(4)10)2-3-9(6)11/h4-6H,2-3,11H2,1H3,(H,8,10)/t4-,5+,6-/m1/s1. The Morgan fingerprint density at radius 3 is 3.09 bits per heavy atom. The highest BCUT2D eigenvalue weighted by Crippen LogP contribution is 2.31. The molecule has 1 unspecified atom stereocenters. The number of nitrogens with zero attached hydrogens (tertiary/aromatic N) is 1. The fraction of sp³-hybridized carbons (Fsp3) is 0.857. The minimum absolute atomic E-state index is 0.167. The summed E-state index contributed by atoms with van der Waals surface area (Å²) in [4.78, 5) is 11.2. The van der Waals surface area contributed by atoms with Crippen LogP contribution in [0, 0.1) is 5.92 Å². The van der Waals surface area contributed by atoms with Gasteiger partial charge in [0.2, 0.25) is 5.91 Å². The van der Waals surface area contributed by atoms with Crippen LogP contribution in [-0.4, -0.2) is 29.2 Å². The number of rotatable bonds is 0. The Balaban J connectivity index is 2.19. The number of hydrogen-bond acceptors (Lipinski definition) is 2. The molecule has 4 atom stereocenters. The van der Waals surface area contributed by atoms with Gasteiger partial charge in [0.25, 0.3) is 0 Å². The summed E-state index contributed by atoms with van der Waals surface area (Å²) in [6.45, 7) is 3.09. The third-order valence-corrected chi connectivity index (χ3v) is 3.35. The molecule has 0 radical (unpaired) electrons. The Labute approximate surface area is 68.8 Å². The lowest BCUT2D eigenvalue weighted by Gasteiger charge is -2.19. The molecular weight excluding hydrogens is 159 g/mol. The molecule has 0 aromatic carbocycles. The fourth-order valence-corrected chi connectivity index (χ4v) is 2.72. The van der Waals surface area contributed by atoms with E-state index in [1.807, 2.05) is 6.92 Å². The first-order valence-electron chi connectivity index (χ1n) is 4.02. The lowest BCUT2D eigenvalue weighted by atomic mass is 10.0. The molecule has 0 aromatic heterocycles. The van der Waals surface area contributed by atoms with Crippen LogP contribution in [-0.2, 0) is 4.79 Å². The summed E-state index contributed by atoms with van der Waals surface area (Å²) in [7, 11) is 2.70. The van der Waals surface area contributed by atoms with Crippen molar-refractivity contribution in [1.29, 1.82) is 0 Å². The van der Waals surface area contributed by atoms with Gasteiger partial charge in [-0.15, -0.1) is 0 Å². The largest absolute Gasteiger partial charge is 0.351 e. The van der Waals surface area contributed by atoms with Crippen LogP contribution in [0.15, 0.2) is 0 Å². The summed E-state index contributed by atoms with van der Waals surface area (Å²) in [6, 6.07) is 0.836. The van der Waals surface area contributed by atoms with Gasteiger partial charge in [-0.2, -0.15) is 0 Å². The maximum atomic E-state index is 11.2. The van der Waals surface area contributed by atoms with E-state index < -0.39 is 0 Å². The van der Waals surface area contributed by atoms with Crippen molar-refractivity contribution in [3.63, 3.8) is 0 Å². The summed E-state index contributed by atoms with van der Waals surface area (Å²) in [5, 5.41) is 3.00. The van der Waals surface area contributed by atoms with E-state index >= 15 is 0 Å². The lowest BCUT2D eigenvalue weighted by Crippen LogP contribution is -2.31. The van der Waals surface area contributed by atoms with Crippen LogP contribution in [0.25, 0.3) is 0 Å². The smallest absolute Gasteiger partial charge is 0.224 e. The van der Waals surface area contributed by atoms with Crippen molar-refractivity contribution in [2.75, 3.05) is 6.54 Å². The van der Waals surface area contributed by atoms with E-state index in [1.165, 1.54) is 0 Å². The van der Waals surface area contributed by atoms with Gasteiger partial charge in [0.1, 0.15) is 0 Å². The van der Waals surface area contributed by atoms with Crippen LogP contribution in [0.4, 0.5) is 0 Å². The molecule has 0 spiro atoms. The molecule has 2 fully saturated rings. The maximum absolute atomic E-state index is 11.2. The van der Waals surface area contributed by atoms with E-state index in [9.17, 15) is 4.79 Å². The van der Waals surface area contributed by atoms with Crippen LogP contribution in [0.1, 0.15) is 13.3 Å². The van der Waals surface area contributed by atoms with Gasteiger partial charge in [-0.3, -0.25) is 9.46 Å². The predicted molar refractivity (Wildman–Crippen MR) is 45.9 cm³/mol. The highest BCUT2D eigenvalue weighted by Gasteiger charge is 2.45. The summed E-state index contributed by atoms with van der Waals surface area (Å²) in [6.07, 6.45) is 1.10. The third-order valence-electron chi connectivity index (χ3n) is 2.75. The van der Waals surface area contributed by atoms with Crippen molar-refractivity contribution < 1.29 is 4.79 Å². The number of nitrogens with one attached hydrogen (secondary N) is 1. The number of carbonyl (C=O) groups is 1. The summed E-state index contributed by atoms with van der Waals surface area (Å²) in [5.41, 5.74) is 0. The van der Waals surface area contributed by atoms with Crippen LogP contribution < -0.4 is 5.32 Å². The molecule has 2 saturated heterocycles. The van der Waals surface area contributed by atoms with Crippen LogP contribution >= 0.6 is 9.39 Å². The average Bonchev–Trinajstić information content (AvgIpc) is 2.41. The molecule has 1 N–H and O–H groups in total. The van der Waals surface area contributed by atoms with Gasteiger partial charge in [0.15, 0.2) is 0 Å². The number of amides is 1. The Kier molecular flexibility index (Phi) is 1.66. The molecule has 2 heterocycles. The topological polar surface area (TPSA) is 32.3 Å². The molecule has 0 saturated carbocycles. The molecule has 4 heteroatoms. The van der Waals surface area contributed by atoms with Crippen LogP contribution in [0.5, 0.6) is 0 Å². The van der Waals surface area contributed by atoms with E-state index in [4.69, 9.17) is 0 Å². The molecule has 2 rings (SSSR count). The van der Waals surface area contributed by atoms with E-state index in [0.29, 0.717) is 12.1 Å². The normalized spacial score (nSPS) is 44.2. The van der Waals surface area contributed by atoms with Gasteiger partial charge in [-0.25, -0.2) is 0 Å². The van der Waals surface area contributed by atoms with Crippen molar-refractivity contribution in [3.8, 4) is 0 Å². The van der Waals surface area contributed by atoms with Gasteiger partial charge in [-0.05, 0) is 6.42 Å². The predicted octanol–water partition coefficient (Wildman–Crippen LogP) is -0.0147. The van der Waals surface area contributed by atoms with Gasteiger partial charge < -0.3 is 5.32 Å². The fourth-order valence-electron chi connectivity index (χ4n) is 2.10. The molecule has 2 aliphatic heterocycles. The van der Waals surface area contributed by atoms with Crippen molar-refractivity contribution >= 4 is 15.3 Å². The van der Waals surface area contributed by atoms with E-state index in [1.54, 1.807) is 0 Å². The van der Waals surface area contributed by atoms with E-state index in [2.05, 4.69) is 19.4 Å². The molecule has 1 amide bonds. The van der Waals surface area contributed by atoms with Gasteiger partial charge in [-0.1, -0.05) is 16.3 Å². The SMILES string of the molecule is C[C@H]1C(=O)N[C@H]2CCN(P)[C@@H]21. The van der Waals surface area contributed by atoms with Crippen molar-refractivity contribution in [2.24, 2.45) is 5.92 Å². The van der Waals surface area contributed by atoms with Crippen LogP contribution in [0.3, 0.4) is 0 Å². The monoisotopic (exact) mass is 172 g/mol. The minimum Gasteiger partial charge on any atom is -0.351 e. The first-order chi connectivity index (χ1) is 5.20. The molecule has 2 aliphatic rings. The molecule has 0 aromatic rings. The van der Waals surface area contributed by atoms with Crippen molar-refractivity contribution in [1.82, 2.24) is 9.99 Å². The van der Waals surface area contributed by atoms with Crippen molar-refractivity contribution in [2.45, 2.75) is 25.4 Å². The Morgan fingerprint density at radius 1 is 1.73 bits per heavy atom. The van der Waals surface area contributed by atoms with Gasteiger partial charge in [0.05, 0.1) is 5.92 Å². The van der Waals surface area contributed by atoms with Gasteiger partial charge >= 0.3 is 0 Å². The molecule has 11 heavy (non-hydrogen) atoms. The zero-order chi connectivity index (χ0) is 8.01. The second-order valence-corrected chi connectivity index (χ2v) is 4.08. The summed E-state index contributed by atoms with van der Waals surface area (Å²) >= 11 is 0. The first kappa shape index (κ1) is 7.51. The molecule has 0 aliphatic carbocycles. The number of hydrogen-bond donors (Lipinski definition) is 1. The Hall–Kier alpha value is -0.140. The summed E-state index contributed by atoms with van der Waals surface area (Å²) < 4.78 is 2.20. The van der Waals surface area contributed by atoms with Gasteiger partial charge in [0, 0.05) is 18.6 Å². The maximum Gasteiger partial charge on any atom is 0.224 e. The molecular formula is C7H13N2OP. The molecule has 62 valence electrons. The average molecular weight is 172 g/mol. The van der Waals surface area contributed by atoms with Crippen LogP contribution in [0.2, 0.25) is 0 Å². The lowest BCUT2D eigenvalue weighted by molar-refractivity contribution is -0.122. The highest BCUT2D eigenvalue weighted by molar-refractivity contribution is 7.13. The second kappa shape index (κ2) is 2.43. The number of fused-ring (bicyclic) bond motifs is 1. The van der Waals surface area contributed by atoms with E-state index in [0.717, 1.165) is 13.0 Å². The zero-order valence-electron chi connectivity index (χ0n) is 6.58. The molecule has 3 nitrogen and oxygen atoms in total. The molecule has 0 bridgehead atoms. The number of carbonyl (C=O) groups excluding carboxylic acids is 1. The minimum atomic E-state index is 0.167. The van der Waals surface area contributed by atoms with Crippen molar-refractivity contribution in [3.05, 3.63) is 0 Å². The quantitative estimate of drug-likeness (QED) is 0.521.